The fourth-order valence-corrected chi connectivity index (χ4v) is 1.84. The Bertz CT molecular complexity index is 849. The molecule has 1 N–H and O–H groups in total. The fraction of sp³-hybridized carbons (Fsp3) is 0. The van der Waals surface area contributed by atoms with Gasteiger partial charge < -0.3 is 4.98 Å². The Morgan fingerprint density at radius 2 is 1.94 bits per heavy atom. The average Bonchev–Trinajstić information content (AvgIpc) is 2.74. The number of aromatic amines is 1. The first kappa shape index (κ1) is 10.3. The summed E-state index contributed by atoms with van der Waals surface area (Å²) in [6, 6.07) is 3.08. The van der Waals surface area contributed by atoms with Gasteiger partial charge >= 0.3 is 17.5 Å². The van der Waals surface area contributed by atoms with Crippen molar-refractivity contribution in [2.45, 2.75) is 0 Å². The number of hydrogen-bond acceptors (Lipinski definition) is 4. The molecule has 1 aliphatic rings. The van der Waals surface area contributed by atoms with Crippen LogP contribution < -0.4 is 10.7 Å². The van der Waals surface area contributed by atoms with E-state index >= 15 is 0 Å². The molecule has 0 aliphatic carbocycles. The van der Waals surface area contributed by atoms with E-state index in [1.165, 1.54) is 12.3 Å². The number of carbonyl (C=O) groups is 2. The highest BCUT2D eigenvalue weighted by Crippen LogP contribution is 2.18. The molecule has 8 nitrogen and oxygen atoms in total. The third kappa shape index (κ3) is 1.25. The third-order valence-corrected chi connectivity index (χ3v) is 2.58. The van der Waals surface area contributed by atoms with E-state index in [2.05, 4.69) is 15.0 Å². The van der Waals surface area contributed by atoms with Crippen LogP contribution in [-0.2, 0) is 9.59 Å². The van der Waals surface area contributed by atoms with Gasteiger partial charge in [0, 0.05) is 11.6 Å². The maximum absolute atomic E-state index is 11.2. The number of fused-ring (bicyclic) bond motifs is 2. The van der Waals surface area contributed by atoms with Crippen molar-refractivity contribution >= 4 is 28.4 Å². The molecule has 0 saturated carbocycles. The van der Waals surface area contributed by atoms with Crippen LogP contribution in [0.1, 0.15) is 0 Å². The number of nitro benzene ring substituents is 1. The molecule has 2 amide bonds. The van der Waals surface area contributed by atoms with Gasteiger partial charge in [-0.25, -0.2) is 4.99 Å². The number of H-pyrrole nitrogens is 1. The van der Waals surface area contributed by atoms with E-state index in [0.29, 0.717) is 5.39 Å². The van der Waals surface area contributed by atoms with Crippen LogP contribution in [0.4, 0.5) is 5.69 Å². The zero-order chi connectivity index (χ0) is 12.9. The number of rotatable bonds is 1. The number of benzene rings is 1. The van der Waals surface area contributed by atoms with Gasteiger partial charge in [-0.1, -0.05) is 0 Å². The summed E-state index contributed by atoms with van der Waals surface area (Å²) in [5.74, 6) is -2.12. The Morgan fingerprint density at radius 3 is 2.67 bits per heavy atom. The first-order valence-corrected chi connectivity index (χ1v) is 4.88. The van der Waals surface area contributed by atoms with Gasteiger partial charge in [-0.2, -0.15) is 4.99 Å². The van der Waals surface area contributed by atoms with Gasteiger partial charge in [0.1, 0.15) is 10.9 Å². The van der Waals surface area contributed by atoms with Crippen molar-refractivity contribution in [2.24, 2.45) is 9.98 Å². The number of hydrogen-bond donors (Lipinski definition) is 1. The molecular formula is C10H4N4O4. The van der Waals surface area contributed by atoms with Crippen molar-refractivity contribution < 1.29 is 14.5 Å². The van der Waals surface area contributed by atoms with Crippen LogP contribution in [-0.4, -0.2) is 21.7 Å². The zero-order valence-electron chi connectivity index (χ0n) is 8.71. The lowest BCUT2D eigenvalue weighted by Crippen LogP contribution is -2.36. The normalized spacial score (nSPS) is 14.0. The molecule has 0 saturated heterocycles. The Labute approximate surface area is 97.8 Å². The van der Waals surface area contributed by atoms with Gasteiger partial charge in [-0.3, -0.25) is 19.7 Å². The number of aromatic nitrogens is 1. The Kier molecular flexibility index (Phi) is 1.88. The highest BCUT2D eigenvalue weighted by molar-refractivity contribution is 6.36. The maximum Gasteiger partial charge on any atom is 0.338 e. The molecule has 2 aromatic rings. The third-order valence-electron chi connectivity index (χ3n) is 2.58. The second-order valence-corrected chi connectivity index (χ2v) is 3.63. The standard InChI is InChI=1S/C10H4N4O4/c15-9-10(16)13-7-5(12-9)3-4-1-2-11-6(4)8(7)14(17)18/h1-3,11H. The monoisotopic (exact) mass is 244 g/mol. The quantitative estimate of drug-likeness (QED) is 0.408. The Morgan fingerprint density at radius 1 is 1.22 bits per heavy atom. The topological polar surface area (TPSA) is 118 Å². The molecule has 3 rings (SSSR count). The van der Waals surface area contributed by atoms with Crippen LogP contribution in [0.25, 0.3) is 10.9 Å². The van der Waals surface area contributed by atoms with E-state index in [0.717, 1.165) is 0 Å². The molecule has 0 bridgehead atoms. The van der Waals surface area contributed by atoms with Crippen LogP contribution in [0.5, 0.6) is 0 Å². The predicted octanol–water partition coefficient (Wildman–Crippen LogP) is -0.618. The number of nitrogens with zero attached hydrogens (tertiary/aromatic N) is 3. The summed E-state index contributed by atoms with van der Waals surface area (Å²) < 4.78 is 0. The number of nitrogens with one attached hydrogen (secondary N) is 1. The van der Waals surface area contributed by atoms with Crippen molar-refractivity contribution in [1.29, 1.82) is 0 Å². The van der Waals surface area contributed by atoms with E-state index in [1.807, 2.05) is 0 Å². The van der Waals surface area contributed by atoms with Crippen LogP contribution in [0, 0.1) is 10.1 Å². The van der Waals surface area contributed by atoms with E-state index in [9.17, 15) is 19.7 Å². The van der Waals surface area contributed by atoms with Crippen LogP contribution in [0.2, 0.25) is 0 Å². The summed E-state index contributed by atoms with van der Waals surface area (Å²) in [5, 5.41) is 11.4. The van der Waals surface area contributed by atoms with Crippen molar-refractivity contribution in [1.82, 2.24) is 4.98 Å². The molecular weight excluding hydrogens is 240 g/mol. The van der Waals surface area contributed by atoms with Crippen molar-refractivity contribution in [3.63, 3.8) is 0 Å². The SMILES string of the molecule is O=C1N=c2cc3cc[nH]c3c([N+](=O)[O-])c2=NC1=O. The fourth-order valence-electron chi connectivity index (χ4n) is 1.84. The van der Waals surface area contributed by atoms with Crippen molar-refractivity contribution in [3.8, 4) is 0 Å². The van der Waals surface area contributed by atoms with Crippen molar-refractivity contribution in [2.75, 3.05) is 0 Å². The van der Waals surface area contributed by atoms with Crippen LogP contribution in [0.3, 0.4) is 0 Å². The number of non-ortho nitro benzene ring substituents is 1. The van der Waals surface area contributed by atoms with E-state index in [-0.39, 0.29) is 21.9 Å². The van der Waals surface area contributed by atoms with Crippen LogP contribution >= 0.6 is 0 Å². The van der Waals surface area contributed by atoms with Gasteiger partial charge in [-0.15, -0.1) is 0 Å². The molecule has 0 fully saturated rings. The first-order chi connectivity index (χ1) is 8.58. The van der Waals surface area contributed by atoms with E-state index < -0.39 is 16.7 Å². The highest BCUT2D eigenvalue weighted by Gasteiger charge is 2.24. The molecule has 8 heteroatoms. The Hall–Kier alpha value is -2.90. The summed E-state index contributed by atoms with van der Waals surface area (Å²) in [5.41, 5.74) is -0.100. The summed E-state index contributed by atoms with van der Waals surface area (Å²) in [7, 11) is 0. The van der Waals surface area contributed by atoms with Gasteiger partial charge in [0.25, 0.3) is 0 Å². The largest absolute Gasteiger partial charge is 0.356 e. The zero-order valence-corrected chi connectivity index (χ0v) is 8.71. The average molecular weight is 244 g/mol. The summed E-state index contributed by atoms with van der Waals surface area (Å²) in [6.07, 6.45) is 1.52. The molecule has 1 aromatic heterocycles. The van der Waals surface area contributed by atoms with E-state index in [4.69, 9.17) is 0 Å². The molecule has 18 heavy (non-hydrogen) atoms. The maximum atomic E-state index is 11.2. The van der Waals surface area contributed by atoms with Gasteiger partial charge in [0.05, 0.1) is 4.92 Å². The second-order valence-electron chi connectivity index (χ2n) is 3.63. The number of nitro groups is 1. The molecule has 1 aliphatic heterocycles. The number of amides is 2. The highest BCUT2D eigenvalue weighted by atomic mass is 16.6. The summed E-state index contributed by atoms with van der Waals surface area (Å²) >= 11 is 0. The molecule has 0 spiro atoms. The molecule has 1 aromatic carbocycles. The van der Waals surface area contributed by atoms with Gasteiger partial charge in [0.15, 0.2) is 5.36 Å². The summed E-state index contributed by atoms with van der Waals surface area (Å²) in [4.78, 5) is 42.3. The molecule has 88 valence electrons. The van der Waals surface area contributed by atoms with Gasteiger partial charge in [-0.05, 0) is 12.1 Å². The Balaban J connectivity index is 2.62. The molecule has 2 heterocycles. The van der Waals surface area contributed by atoms with Crippen LogP contribution in [0.15, 0.2) is 28.3 Å². The smallest absolute Gasteiger partial charge is 0.338 e. The second kappa shape index (κ2) is 3.29. The lowest BCUT2D eigenvalue weighted by Gasteiger charge is -2.00. The minimum Gasteiger partial charge on any atom is -0.356 e. The number of carbonyl (C=O) groups excluding carboxylic acids is 2. The van der Waals surface area contributed by atoms with Gasteiger partial charge in [0.2, 0.25) is 0 Å². The molecule has 0 radical (unpaired) electrons. The molecule has 0 unspecified atom stereocenters. The first-order valence-electron chi connectivity index (χ1n) is 4.88. The summed E-state index contributed by atoms with van der Waals surface area (Å²) in [6.45, 7) is 0. The predicted molar refractivity (Wildman–Crippen MR) is 57.3 cm³/mol. The minimum atomic E-state index is -1.10. The van der Waals surface area contributed by atoms with Crippen molar-refractivity contribution in [3.05, 3.63) is 39.2 Å². The minimum absolute atomic E-state index is 0.0402. The van der Waals surface area contributed by atoms with E-state index in [1.54, 1.807) is 6.07 Å². The lowest BCUT2D eigenvalue weighted by molar-refractivity contribution is -0.384. The molecule has 0 atom stereocenters. The lowest BCUT2D eigenvalue weighted by atomic mass is 10.2.